The van der Waals surface area contributed by atoms with E-state index in [1.54, 1.807) is 7.05 Å². The van der Waals surface area contributed by atoms with Crippen molar-refractivity contribution in [3.8, 4) is 0 Å². The first-order chi connectivity index (χ1) is 8.11. The summed E-state index contributed by atoms with van der Waals surface area (Å²) in [7, 11) is 1.57. The van der Waals surface area contributed by atoms with Crippen LogP contribution in [0.2, 0.25) is 0 Å². The highest BCUT2D eigenvalue weighted by Crippen LogP contribution is 2.21. The van der Waals surface area contributed by atoms with E-state index < -0.39 is 24.7 Å². The highest BCUT2D eigenvalue weighted by atomic mass is 19.4. The Hall–Kier alpha value is -1.66. The van der Waals surface area contributed by atoms with Crippen LogP contribution in [0, 0.1) is 0 Å². The minimum atomic E-state index is -4.42. The lowest BCUT2D eigenvalue weighted by molar-refractivity contribution is -0.143. The molecule has 2 N–H and O–H groups in total. The Balaban J connectivity index is 3.00. The van der Waals surface area contributed by atoms with Crippen LogP contribution in [0.5, 0.6) is 0 Å². The van der Waals surface area contributed by atoms with Crippen molar-refractivity contribution in [3.63, 3.8) is 0 Å². The fourth-order valence-corrected chi connectivity index (χ4v) is 1.63. The molecule has 0 saturated heterocycles. The van der Waals surface area contributed by atoms with Crippen molar-refractivity contribution in [1.82, 2.24) is 9.47 Å². The molecule has 0 aliphatic carbocycles. The van der Waals surface area contributed by atoms with E-state index in [0.717, 1.165) is 4.90 Å². The van der Waals surface area contributed by atoms with Crippen LogP contribution in [0.15, 0.2) is 12.3 Å². The summed E-state index contributed by atoms with van der Waals surface area (Å²) in [4.78, 5) is 12.8. The summed E-state index contributed by atoms with van der Waals surface area (Å²) in [5.74, 6) is -0.679. The normalized spacial score (nSPS) is 11.9. The molecule has 0 aliphatic rings. The van der Waals surface area contributed by atoms with Gasteiger partial charge in [-0.15, -0.1) is 0 Å². The summed E-state index contributed by atoms with van der Waals surface area (Å²) in [5, 5.41) is 0. The number of aromatic nitrogens is 1. The standard InChI is InChI=1S/C11H16F3N3O/c1-7(2)17(6-11(12,13)14)10(18)9-4-8(15)5-16(9)3/h4-5,7H,6,15H2,1-3H3. The summed E-state index contributed by atoms with van der Waals surface area (Å²) in [6.07, 6.45) is -2.93. The van der Waals surface area contributed by atoms with Gasteiger partial charge in [0.25, 0.3) is 5.91 Å². The lowest BCUT2D eigenvalue weighted by Crippen LogP contribution is -2.43. The molecule has 1 aromatic rings. The van der Waals surface area contributed by atoms with Gasteiger partial charge in [0.15, 0.2) is 0 Å². The molecule has 0 radical (unpaired) electrons. The van der Waals surface area contributed by atoms with Crippen LogP contribution < -0.4 is 5.73 Å². The van der Waals surface area contributed by atoms with Gasteiger partial charge in [-0.05, 0) is 19.9 Å². The number of hydrogen-bond donors (Lipinski definition) is 1. The number of carbonyl (C=O) groups is 1. The number of anilines is 1. The number of nitrogen functional groups attached to an aromatic ring is 1. The molecule has 0 bridgehead atoms. The van der Waals surface area contributed by atoms with Gasteiger partial charge in [0.1, 0.15) is 12.2 Å². The van der Waals surface area contributed by atoms with Crippen LogP contribution in [-0.2, 0) is 7.05 Å². The number of hydrogen-bond acceptors (Lipinski definition) is 2. The van der Waals surface area contributed by atoms with Crippen LogP contribution in [0.25, 0.3) is 0 Å². The summed E-state index contributed by atoms with van der Waals surface area (Å²) >= 11 is 0. The highest BCUT2D eigenvalue weighted by Gasteiger charge is 2.35. The van der Waals surface area contributed by atoms with E-state index in [2.05, 4.69) is 0 Å². The summed E-state index contributed by atoms with van der Waals surface area (Å²) in [6.45, 7) is 1.81. The summed E-state index contributed by atoms with van der Waals surface area (Å²) in [5.41, 5.74) is 5.99. The first kappa shape index (κ1) is 14.4. The number of carbonyl (C=O) groups excluding carboxylic acids is 1. The van der Waals surface area contributed by atoms with Crippen LogP contribution in [0.4, 0.5) is 18.9 Å². The van der Waals surface area contributed by atoms with Crippen LogP contribution in [0.3, 0.4) is 0 Å². The molecule has 0 fully saturated rings. The third kappa shape index (κ3) is 3.41. The molecule has 1 amide bonds. The van der Waals surface area contributed by atoms with E-state index in [4.69, 9.17) is 5.73 Å². The fourth-order valence-electron chi connectivity index (χ4n) is 1.63. The Bertz CT molecular complexity index is 437. The topological polar surface area (TPSA) is 51.3 Å². The number of aryl methyl sites for hydroxylation is 1. The summed E-state index contributed by atoms with van der Waals surface area (Å²) in [6, 6.07) is 0.823. The van der Waals surface area contributed by atoms with Gasteiger partial charge in [-0.2, -0.15) is 13.2 Å². The quantitative estimate of drug-likeness (QED) is 0.907. The predicted octanol–water partition coefficient (Wildman–Crippen LogP) is 2.02. The number of nitrogens with zero attached hydrogens (tertiary/aromatic N) is 2. The molecule has 0 spiro atoms. The smallest absolute Gasteiger partial charge is 0.397 e. The SMILES string of the molecule is CC(C)N(CC(F)(F)F)C(=O)c1cc(N)cn1C. The van der Waals surface area contributed by atoms with Gasteiger partial charge in [0.05, 0.1) is 5.69 Å². The van der Waals surface area contributed by atoms with Crippen molar-refractivity contribution in [2.45, 2.75) is 26.1 Å². The molecule has 18 heavy (non-hydrogen) atoms. The van der Waals surface area contributed by atoms with Gasteiger partial charge in [0.2, 0.25) is 0 Å². The molecule has 1 rings (SSSR count). The maximum atomic E-state index is 12.4. The van der Waals surface area contributed by atoms with Gasteiger partial charge in [0, 0.05) is 19.3 Å². The van der Waals surface area contributed by atoms with E-state index in [-0.39, 0.29) is 5.69 Å². The zero-order valence-electron chi connectivity index (χ0n) is 10.5. The third-order valence-electron chi connectivity index (χ3n) is 2.48. The monoisotopic (exact) mass is 263 g/mol. The first-order valence-electron chi connectivity index (χ1n) is 5.41. The van der Waals surface area contributed by atoms with E-state index in [9.17, 15) is 18.0 Å². The molecule has 102 valence electrons. The molecule has 0 saturated carbocycles. The Morgan fingerprint density at radius 3 is 2.39 bits per heavy atom. The minimum Gasteiger partial charge on any atom is -0.397 e. The maximum Gasteiger partial charge on any atom is 0.406 e. The average molecular weight is 263 g/mol. The van der Waals surface area contributed by atoms with E-state index in [1.165, 1.54) is 30.7 Å². The second-order valence-corrected chi connectivity index (χ2v) is 4.41. The van der Waals surface area contributed by atoms with E-state index in [1.807, 2.05) is 0 Å². The number of halogens is 3. The zero-order valence-corrected chi connectivity index (χ0v) is 10.5. The molecule has 0 aromatic carbocycles. The second-order valence-electron chi connectivity index (χ2n) is 4.41. The minimum absolute atomic E-state index is 0.144. The molecular formula is C11H16F3N3O. The van der Waals surface area contributed by atoms with Crippen molar-refractivity contribution < 1.29 is 18.0 Å². The molecule has 0 aliphatic heterocycles. The van der Waals surface area contributed by atoms with Crippen molar-refractivity contribution in [3.05, 3.63) is 18.0 Å². The predicted molar refractivity (Wildman–Crippen MR) is 62.1 cm³/mol. The Morgan fingerprint density at radius 1 is 1.50 bits per heavy atom. The number of nitrogens with two attached hydrogens (primary N) is 1. The molecule has 4 nitrogen and oxygen atoms in total. The van der Waals surface area contributed by atoms with Gasteiger partial charge in [-0.3, -0.25) is 4.79 Å². The van der Waals surface area contributed by atoms with Crippen LogP contribution in [-0.4, -0.2) is 34.1 Å². The van der Waals surface area contributed by atoms with Crippen molar-refractivity contribution in [1.29, 1.82) is 0 Å². The highest BCUT2D eigenvalue weighted by molar-refractivity contribution is 5.94. The molecule has 0 unspecified atom stereocenters. The number of rotatable bonds is 3. The average Bonchev–Trinajstić information content (AvgIpc) is 2.51. The van der Waals surface area contributed by atoms with E-state index >= 15 is 0 Å². The third-order valence-corrected chi connectivity index (χ3v) is 2.48. The van der Waals surface area contributed by atoms with Crippen molar-refractivity contribution >= 4 is 11.6 Å². The lowest BCUT2D eigenvalue weighted by atomic mass is 10.2. The van der Waals surface area contributed by atoms with Gasteiger partial charge in [-0.25, -0.2) is 0 Å². The molecule has 7 heteroatoms. The molecule has 1 aromatic heterocycles. The van der Waals surface area contributed by atoms with Gasteiger partial charge >= 0.3 is 6.18 Å². The Labute approximate surface area is 103 Å². The molecular weight excluding hydrogens is 247 g/mol. The summed E-state index contributed by atoms with van der Waals surface area (Å²) < 4.78 is 38.7. The molecule has 1 heterocycles. The second kappa shape index (κ2) is 4.91. The first-order valence-corrected chi connectivity index (χ1v) is 5.41. The largest absolute Gasteiger partial charge is 0.406 e. The van der Waals surface area contributed by atoms with Crippen LogP contribution in [0.1, 0.15) is 24.3 Å². The maximum absolute atomic E-state index is 12.4. The molecule has 0 atom stereocenters. The van der Waals surface area contributed by atoms with Crippen molar-refractivity contribution in [2.75, 3.05) is 12.3 Å². The Morgan fingerprint density at radius 2 is 2.06 bits per heavy atom. The lowest BCUT2D eigenvalue weighted by Gasteiger charge is -2.27. The van der Waals surface area contributed by atoms with Gasteiger partial charge in [-0.1, -0.05) is 0 Å². The Kier molecular flexibility index (Phi) is 3.93. The number of amides is 1. The fraction of sp³-hybridized carbons (Fsp3) is 0.545. The van der Waals surface area contributed by atoms with Crippen LogP contribution >= 0.6 is 0 Å². The van der Waals surface area contributed by atoms with E-state index in [0.29, 0.717) is 5.69 Å². The van der Waals surface area contributed by atoms with Gasteiger partial charge < -0.3 is 15.2 Å². The van der Waals surface area contributed by atoms with Crippen molar-refractivity contribution in [2.24, 2.45) is 7.05 Å². The number of alkyl halides is 3. The zero-order chi connectivity index (χ0) is 14.1.